The molecule has 0 radical (unpaired) electrons. The fourth-order valence-electron chi connectivity index (χ4n) is 4.14. The molecular formula is C23H30N4O2S. The molecule has 7 heteroatoms. The number of carbonyl (C=O) groups excluding carboxylic acids is 1. The number of aromatic nitrogens is 2. The van der Waals surface area contributed by atoms with Gasteiger partial charge in [-0.3, -0.25) is 4.79 Å². The van der Waals surface area contributed by atoms with Crippen molar-refractivity contribution in [3.63, 3.8) is 0 Å². The number of fused-ring (bicyclic) bond motifs is 1. The van der Waals surface area contributed by atoms with Gasteiger partial charge in [0.05, 0.1) is 16.8 Å². The van der Waals surface area contributed by atoms with E-state index in [-0.39, 0.29) is 5.91 Å². The average molecular weight is 427 g/mol. The van der Waals surface area contributed by atoms with Gasteiger partial charge in [0.2, 0.25) is 0 Å². The van der Waals surface area contributed by atoms with Gasteiger partial charge in [-0.1, -0.05) is 0 Å². The summed E-state index contributed by atoms with van der Waals surface area (Å²) in [5.41, 5.74) is 1.87. The Hall–Kier alpha value is -2.25. The third-order valence-electron chi connectivity index (χ3n) is 6.24. The van der Waals surface area contributed by atoms with Crippen LogP contribution in [0.15, 0.2) is 22.8 Å². The normalized spacial score (nSPS) is 15.6. The SMILES string of the molecule is Cc1nc(-c2ccco2)nc2sc(C(=O)N3CCC(CN(C)C(C)C)CC3)c(C)c12. The first-order valence-electron chi connectivity index (χ1n) is 10.7. The van der Waals surface area contributed by atoms with Crippen LogP contribution in [0.5, 0.6) is 0 Å². The highest BCUT2D eigenvalue weighted by molar-refractivity contribution is 7.20. The van der Waals surface area contributed by atoms with E-state index >= 15 is 0 Å². The molecule has 3 aromatic heterocycles. The van der Waals surface area contributed by atoms with Crippen LogP contribution in [0.1, 0.15) is 47.6 Å². The zero-order valence-corrected chi connectivity index (χ0v) is 19.3. The standard InChI is InChI=1S/C23H30N4O2S/c1-14(2)26(5)13-17-8-10-27(11-9-17)23(28)20-15(3)19-16(4)24-21(25-22(19)30-20)18-7-6-12-29-18/h6-7,12,14,17H,8-11,13H2,1-5H3. The quantitative estimate of drug-likeness (QED) is 0.589. The Morgan fingerprint density at radius 2 is 2.03 bits per heavy atom. The van der Waals surface area contributed by atoms with E-state index in [9.17, 15) is 4.79 Å². The lowest BCUT2D eigenvalue weighted by Crippen LogP contribution is -2.42. The second kappa shape index (κ2) is 8.47. The monoisotopic (exact) mass is 426 g/mol. The van der Waals surface area contributed by atoms with Crippen molar-refractivity contribution in [2.24, 2.45) is 5.92 Å². The first-order valence-corrected chi connectivity index (χ1v) is 11.5. The lowest BCUT2D eigenvalue weighted by atomic mass is 9.95. The summed E-state index contributed by atoms with van der Waals surface area (Å²) in [6.07, 6.45) is 3.75. The van der Waals surface area contributed by atoms with Crippen LogP contribution < -0.4 is 0 Å². The molecule has 3 aromatic rings. The summed E-state index contributed by atoms with van der Waals surface area (Å²) in [5.74, 6) is 2.01. The van der Waals surface area contributed by atoms with E-state index in [1.54, 1.807) is 6.26 Å². The van der Waals surface area contributed by atoms with Gasteiger partial charge < -0.3 is 14.2 Å². The number of hydrogen-bond acceptors (Lipinski definition) is 6. The molecule has 1 aliphatic rings. The van der Waals surface area contributed by atoms with Gasteiger partial charge in [-0.05, 0) is 71.2 Å². The molecule has 1 aliphatic heterocycles. The Bertz CT molecular complexity index is 1030. The highest BCUT2D eigenvalue weighted by Gasteiger charge is 2.28. The number of aryl methyl sites for hydroxylation is 2. The van der Waals surface area contributed by atoms with Crippen LogP contribution >= 0.6 is 11.3 Å². The Morgan fingerprint density at radius 1 is 1.30 bits per heavy atom. The molecule has 0 saturated carbocycles. The van der Waals surface area contributed by atoms with Crippen LogP contribution in [0.3, 0.4) is 0 Å². The summed E-state index contributed by atoms with van der Waals surface area (Å²) in [7, 11) is 2.18. The van der Waals surface area contributed by atoms with Crippen LogP contribution in [0.25, 0.3) is 21.8 Å². The Balaban J connectivity index is 1.53. The number of hydrogen-bond donors (Lipinski definition) is 0. The average Bonchev–Trinajstić information content (AvgIpc) is 3.36. The third-order valence-corrected chi connectivity index (χ3v) is 7.41. The predicted molar refractivity (Wildman–Crippen MR) is 121 cm³/mol. The van der Waals surface area contributed by atoms with Crippen LogP contribution in [0.4, 0.5) is 0 Å². The minimum Gasteiger partial charge on any atom is -0.461 e. The maximum absolute atomic E-state index is 13.3. The second-order valence-corrected chi connectivity index (χ2v) is 9.61. The maximum atomic E-state index is 13.3. The van der Waals surface area contributed by atoms with E-state index in [0.717, 1.165) is 58.8 Å². The Labute approximate surface area is 181 Å². The largest absolute Gasteiger partial charge is 0.461 e. The number of rotatable bonds is 5. The highest BCUT2D eigenvalue weighted by Crippen LogP contribution is 2.34. The molecular weight excluding hydrogens is 396 g/mol. The first kappa shape index (κ1) is 21.0. The van der Waals surface area contributed by atoms with Gasteiger partial charge in [0.1, 0.15) is 4.83 Å². The highest BCUT2D eigenvalue weighted by atomic mass is 32.1. The number of furan rings is 1. The molecule has 1 saturated heterocycles. The Morgan fingerprint density at radius 3 is 2.67 bits per heavy atom. The van der Waals surface area contributed by atoms with Gasteiger partial charge in [0.25, 0.3) is 5.91 Å². The fraction of sp³-hybridized carbons (Fsp3) is 0.522. The maximum Gasteiger partial charge on any atom is 0.264 e. The molecule has 4 rings (SSSR count). The summed E-state index contributed by atoms with van der Waals surface area (Å²) in [4.78, 5) is 28.7. The molecule has 0 atom stereocenters. The molecule has 0 aromatic carbocycles. The molecule has 0 spiro atoms. The number of thiophene rings is 1. The molecule has 6 nitrogen and oxygen atoms in total. The third kappa shape index (κ3) is 4.01. The zero-order valence-electron chi connectivity index (χ0n) is 18.4. The number of amides is 1. The van der Waals surface area contributed by atoms with Gasteiger partial charge in [-0.25, -0.2) is 9.97 Å². The van der Waals surface area contributed by atoms with Gasteiger partial charge in [0, 0.05) is 31.1 Å². The van der Waals surface area contributed by atoms with Crippen molar-refractivity contribution in [3.05, 3.63) is 34.5 Å². The molecule has 1 fully saturated rings. The number of piperidine rings is 1. The van der Waals surface area contributed by atoms with Crippen molar-refractivity contribution in [3.8, 4) is 11.6 Å². The Kier molecular flexibility index (Phi) is 5.93. The van der Waals surface area contributed by atoms with E-state index in [1.165, 1.54) is 11.3 Å². The number of carbonyl (C=O) groups is 1. The molecule has 0 unspecified atom stereocenters. The molecule has 4 heterocycles. The topological polar surface area (TPSA) is 62.5 Å². The van der Waals surface area contributed by atoms with Crippen molar-refractivity contribution in [1.29, 1.82) is 0 Å². The summed E-state index contributed by atoms with van der Waals surface area (Å²) < 4.78 is 5.46. The van der Waals surface area contributed by atoms with Crippen LogP contribution in [-0.4, -0.2) is 58.4 Å². The van der Waals surface area contributed by atoms with Crippen molar-refractivity contribution in [2.45, 2.75) is 46.6 Å². The summed E-state index contributed by atoms with van der Waals surface area (Å²) in [6, 6.07) is 4.24. The summed E-state index contributed by atoms with van der Waals surface area (Å²) >= 11 is 1.47. The minimum absolute atomic E-state index is 0.130. The number of nitrogens with zero attached hydrogens (tertiary/aromatic N) is 4. The van der Waals surface area contributed by atoms with Gasteiger partial charge in [-0.15, -0.1) is 11.3 Å². The van der Waals surface area contributed by atoms with Crippen molar-refractivity contribution < 1.29 is 9.21 Å². The van der Waals surface area contributed by atoms with E-state index in [1.807, 2.05) is 30.9 Å². The van der Waals surface area contributed by atoms with Gasteiger partial charge in [0.15, 0.2) is 11.6 Å². The van der Waals surface area contributed by atoms with E-state index in [0.29, 0.717) is 23.5 Å². The zero-order chi connectivity index (χ0) is 21.4. The predicted octanol–water partition coefficient (Wildman–Crippen LogP) is 4.76. The van der Waals surface area contributed by atoms with Crippen LogP contribution in [0.2, 0.25) is 0 Å². The van der Waals surface area contributed by atoms with Gasteiger partial charge >= 0.3 is 0 Å². The first-order chi connectivity index (χ1) is 14.3. The fourth-order valence-corrected chi connectivity index (χ4v) is 5.34. The molecule has 160 valence electrons. The van der Waals surface area contributed by atoms with Crippen LogP contribution in [-0.2, 0) is 0 Å². The molecule has 0 N–H and O–H groups in total. The molecule has 0 aliphatic carbocycles. The van der Waals surface area contributed by atoms with E-state index in [4.69, 9.17) is 4.42 Å². The summed E-state index contributed by atoms with van der Waals surface area (Å²) in [5, 5.41) is 0.993. The van der Waals surface area contributed by atoms with Gasteiger partial charge in [-0.2, -0.15) is 0 Å². The van der Waals surface area contributed by atoms with E-state index in [2.05, 4.69) is 35.8 Å². The number of likely N-dealkylation sites (tertiary alicyclic amines) is 1. The lowest BCUT2D eigenvalue weighted by Gasteiger charge is -2.34. The molecule has 0 bridgehead atoms. The van der Waals surface area contributed by atoms with Crippen molar-refractivity contribution in [2.75, 3.05) is 26.7 Å². The molecule has 30 heavy (non-hydrogen) atoms. The second-order valence-electron chi connectivity index (χ2n) is 8.62. The lowest BCUT2D eigenvalue weighted by molar-refractivity contribution is 0.0670. The van der Waals surface area contributed by atoms with Crippen molar-refractivity contribution >= 4 is 27.5 Å². The van der Waals surface area contributed by atoms with E-state index < -0.39 is 0 Å². The van der Waals surface area contributed by atoms with Crippen LogP contribution in [0, 0.1) is 19.8 Å². The minimum atomic E-state index is 0.130. The summed E-state index contributed by atoms with van der Waals surface area (Å²) in [6.45, 7) is 11.2. The smallest absolute Gasteiger partial charge is 0.264 e. The van der Waals surface area contributed by atoms with Crippen molar-refractivity contribution in [1.82, 2.24) is 19.8 Å². The molecule has 1 amide bonds.